The Morgan fingerprint density at radius 3 is 2.74 bits per heavy atom. The third kappa shape index (κ3) is 3.96. The molecule has 0 aliphatic heterocycles. The van der Waals surface area contributed by atoms with E-state index in [9.17, 15) is 0 Å². The largest absolute Gasteiger partial charge is 0.494 e. The van der Waals surface area contributed by atoms with Crippen LogP contribution in [0.3, 0.4) is 0 Å². The first-order valence-corrected chi connectivity index (χ1v) is 7.73. The molecule has 0 amide bonds. The van der Waals surface area contributed by atoms with Crippen LogP contribution in [0.25, 0.3) is 0 Å². The van der Waals surface area contributed by atoms with Gasteiger partial charge in [-0.2, -0.15) is 0 Å². The molecule has 1 heterocycles. The fraction of sp³-hybridized carbons (Fsp3) is 0.286. The van der Waals surface area contributed by atoms with Gasteiger partial charge in [-0.05, 0) is 41.1 Å². The quantitative estimate of drug-likeness (QED) is 0.863. The summed E-state index contributed by atoms with van der Waals surface area (Å²) in [6.07, 6.45) is -0.131. The monoisotopic (exact) mass is 341 g/mol. The van der Waals surface area contributed by atoms with E-state index in [-0.39, 0.29) is 6.10 Å². The maximum Gasteiger partial charge on any atom is 0.145 e. The molecule has 0 saturated carbocycles. The molecule has 0 aliphatic rings. The molecule has 0 saturated heterocycles. The van der Waals surface area contributed by atoms with Gasteiger partial charge < -0.3 is 15.2 Å². The molecule has 2 N–H and O–H groups in total. The van der Waals surface area contributed by atoms with Crippen LogP contribution in [0.1, 0.15) is 17.9 Å². The van der Waals surface area contributed by atoms with Crippen LogP contribution in [0.2, 0.25) is 0 Å². The van der Waals surface area contributed by atoms with E-state index in [1.54, 1.807) is 11.3 Å². The normalized spacial score (nSPS) is 12.2. The highest BCUT2D eigenvalue weighted by Gasteiger charge is 2.14. The van der Waals surface area contributed by atoms with Gasteiger partial charge in [-0.1, -0.05) is 6.07 Å². The van der Waals surface area contributed by atoms with Gasteiger partial charge in [-0.3, -0.25) is 0 Å². The summed E-state index contributed by atoms with van der Waals surface area (Å²) in [6, 6.07) is 9.66. The molecule has 102 valence electrons. The molecular formula is C14H16BrNO2S. The highest BCUT2D eigenvalue weighted by molar-refractivity contribution is 9.10. The fourth-order valence-electron chi connectivity index (χ4n) is 1.69. The molecule has 2 aromatic rings. The maximum absolute atomic E-state index is 5.93. The number of rotatable bonds is 6. The molecule has 5 heteroatoms. The van der Waals surface area contributed by atoms with Crippen LogP contribution in [-0.2, 0) is 0 Å². The lowest BCUT2D eigenvalue weighted by atomic mass is 10.2. The zero-order chi connectivity index (χ0) is 13.7. The molecule has 3 nitrogen and oxygen atoms in total. The number of benzene rings is 1. The molecule has 0 bridgehead atoms. The van der Waals surface area contributed by atoms with Crippen LogP contribution < -0.4 is 15.2 Å². The van der Waals surface area contributed by atoms with Crippen molar-refractivity contribution < 1.29 is 9.47 Å². The Labute approximate surface area is 125 Å². The minimum absolute atomic E-state index is 0.131. The lowest BCUT2D eigenvalue weighted by Gasteiger charge is -2.16. The van der Waals surface area contributed by atoms with Gasteiger partial charge in [0.05, 0.1) is 6.61 Å². The van der Waals surface area contributed by atoms with Gasteiger partial charge in [0.1, 0.15) is 17.6 Å². The second-order valence-corrected chi connectivity index (χ2v) is 5.78. The fourth-order valence-corrected chi connectivity index (χ4v) is 3.17. The predicted octanol–water partition coefficient (Wildman–Crippen LogP) is 3.99. The summed E-state index contributed by atoms with van der Waals surface area (Å²) in [6.45, 7) is 3.03. The summed E-state index contributed by atoms with van der Waals surface area (Å²) in [5.41, 5.74) is 5.79. The SMILES string of the molecule is CCOc1cccc(OC(CN)c2cc(Br)cs2)c1. The van der Waals surface area contributed by atoms with Gasteiger partial charge in [-0.15, -0.1) is 11.3 Å². The molecule has 0 fully saturated rings. The summed E-state index contributed by atoms with van der Waals surface area (Å²) < 4.78 is 12.4. The van der Waals surface area contributed by atoms with Crippen LogP contribution in [0.5, 0.6) is 11.5 Å². The molecule has 0 aliphatic carbocycles. The average Bonchev–Trinajstić information content (AvgIpc) is 2.83. The number of ether oxygens (including phenoxy) is 2. The van der Waals surface area contributed by atoms with Gasteiger partial charge in [0.2, 0.25) is 0 Å². The maximum atomic E-state index is 5.93. The minimum atomic E-state index is -0.131. The molecule has 19 heavy (non-hydrogen) atoms. The van der Waals surface area contributed by atoms with Crippen LogP contribution in [-0.4, -0.2) is 13.2 Å². The van der Waals surface area contributed by atoms with Gasteiger partial charge >= 0.3 is 0 Å². The molecule has 1 aromatic carbocycles. The zero-order valence-corrected chi connectivity index (χ0v) is 13.0. The Morgan fingerprint density at radius 1 is 1.32 bits per heavy atom. The first kappa shape index (κ1) is 14.4. The molecule has 1 aromatic heterocycles. The predicted molar refractivity (Wildman–Crippen MR) is 82.1 cm³/mol. The number of hydrogen-bond donors (Lipinski definition) is 1. The standard InChI is InChI=1S/C14H16BrNO2S/c1-2-17-11-4-3-5-12(7-11)18-13(8-16)14-6-10(15)9-19-14/h3-7,9,13H,2,8,16H2,1H3. The highest BCUT2D eigenvalue weighted by atomic mass is 79.9. The van der Waals surface area contributed by atoms with E-state index in [1.165, 1.54) is 0 Å². The Kier molecular flexibility index (Phi) is 5.24. The van der Waals surface area contributed by atoms with Crippen molar-refractivity contribution in [3.8, 4) is 11.5 Å². The van der Waals surface area contributed by atoms with Crippen molar-refractivity contribution in [1.82, 2.24) is 0 Å². The molecule has 1 unspecified atom stereocenters. The second-order valence-electron chi connectivity index (χ2n) is 3.92. The van der Waals surface area contributed by atoms with E-state index >= 15 is 0 Å². The van der Waals surface area contributed by atoms with Crippen LogP contribution in [0.4, 0.5) is 0 Å². The average molecular weight is 342 g/mol. The third-order valence-electron chi connectivity index (χ3n) is 2.51. The van der Waals surface area contributed by atoms with Crippen molar-refractivity contribution in [3.05, 3.63) is 45.1 Å². The van der Waals surface area contributed by atoms with E-state index in [0.29, 0.717) is 13.2 Å². The summed E-state index contributed by atoms with van der Waals surface area (Å²) in [5, 5.41) is 2.03. The Bertz CT molecular complexity index is 530. The van der Waals surface area contributed by atoms with Gasteiger partial charge in [0, 0.05) is 27.3 Å². The lowest BCUT2D eigenvalue weighted by Crippen LogP contribution is -2.17. The minimum Gasteiger partial charge on any atom is -0.494 e. The number of thiophene rings is 1. The highest BCUT2D eigenvalue weighted by Crippen LogP contribution is 2.30. The zero-order valence-electron chi connectivity index (χ0n) is 10.6. The van der Waals surface area contributed by atoms with Gasteiger partial charge in [-0.25, -0.2) is 0 Å². The number of hydrogen-bond acceptors (Lipinski definition) is 4. The molecular weight excluding hydrogens is 326 g/mol. The van der Waals surface area contributed by atoms with E-state index in [1.807, 2.05) is 42.6 Å². The number of nitrogens with two attached hydrogens (primary N) is 1. The molecule has 0 radical (unpaired) electrons. The summed E-state index contributed by atoms with van der Waals surface area (Å²) in [4.78, 5) is 1.11. The topological polar surface area (TPSA) is 44.5 Å². The number of halogens is 1. The summed E-state index contributed by atoms with van der Waals surface area (Å²) in [5.74, 6) is 1.58. The van der Waals surface area contributed by atoms with Crippen LogP contribution >= 0.6 is 27.3 Å². The Morgan fingerprint density at radius 2 is 2.11 bits per heavy atom. The van der Waals surface area contributed by atoms with Crippen molar-refractivity contribution in [2.45, 2.75) is 13.0 Å². The van der Waals surface area contributed by atoms with Crippen LogP contribution in [0, 0.1) is 0 Å². The lowest BCUT2D eigenvalue weighted by molar-refractivity contribution is 0.216. The van der Waals surface area contributed by atoms with Crippen molar-refractivity contribution in [1.29, 1.82) is 0 Å². The first-order chi connectivity index (χ1) is 9.22. The van der Waals surface area contributed by atoms with E-state index in [4.69, 9.17) is 15.2 Å². The van der Waals surface area contributed by atoms with Gasteiger partial charge in [0.15, 0.2) is 0 Å². The smallest absolute Gasteiger partial charge is 0.145 e. The molecule has 0 spiro atoms. The Hall–Kier alpha value is -1.04. The van der Waals surface area contributed by atoms with Gasteiger partial charge in [0.25, 0.3) is 0 Å². The summed E-state index contributed by atoms with van der Waals surface area (Å²) >= 11 is 5.07. The third-order valence-corrected chi connectivity index (χ3v) is 4.30. The van der Waals surface area contributed by atoms with E-state index in [0.717, 1.165) is 20.8 Å². The van der Waals surface area contributed by atoms with Crippen molar-refractivity contribution in [2.24, 2.45) is 5.73 Å². The van der Waals surface area contributed by atoms with E-state index in [2.05, 4.69) is 15.9 Å². The van der Waals surface area contributed by atoms with Crippen molar-refractivity contribution in [3.63, 3.8) is 0 Å². The van der Waals surface area contributed by atoms with Crippen molar-refractivity contribution in [2.75, 3.05) is 13.2 Å². The molecule has 1 atom stereocenters. The Balaban J connectivity index is 2.11. The molecule has 2 rings (SSSR count). The second kappa shape index (κ2) is 6.93. The van der Waals surface area contributed by atoms with Crippen LogP contribution in [0.15, 0.2) is 40.2 Å². The summed E-state index contributed by atoms with van der Waals surface area (Å²) in [7, 11) is 0. The van der Waals surface area contributed by atoms with E-state index < -0.39 is 0 Å². The first-order valence-electron chi connectivity index (χ1n) is 6.06. The van der Waals surface area contributed by atoms with Crippen molar-refractivity contribution >= 4 is 27.3 Å².